The zero-order valence-electron chi connectivity index (χ0n) is 8.64. The van der Waals surface area contributed by atoms with Gasteiger partial charge in [-0.05, 0) is 30.4 Å². The van der Waals surface area contributed by atoms with Gasteiger partial charge >= 0.3 is 5.97 Å². The minimum absolute atomic E-state index is 0.116. The molecule has 0 amide bonds. The van der Waals surface area contributed by atoms with Gasteiger partial charge in [-0.3, -0.25) is 4.79 Å². The molecule has 1 unspecified atom stereocenters. The summed E-state index contributed by atoms with van der Waals surface area (Å²) >= 11 is 1.65. The average molecular weight is 225 g/mol. The van der Waals surface area contributed by atoms with E-state index < -0.39 is 5.97 Å². The summed E-state index contributed by atoms with van der Waals surface area (Å²) in [5, 5.41) is 8.55. The minimum atomic E-state index is -0.800. The van der Waals surface area contributed by atoms with Gasteiger partial charge in [-0.15, -0.1) is 11.8 Å². The first-order chi connectivity index (χ1) is 7.13. The van der Waals surface area contributed by atoms with Crippen molar-refractivity contribution in [3.05, 3.63) is 29.8 Å². The lowest BCUT2D eigenvalue weighted by molar-refractivity contribution is -0.137. The van der Waals surface area contributed by atoms with Crippen molar-refractivity contribution in [2.24, 2.45) is 5.73 Å². The summed E-state index contributed by atoms with van der Waals surface area (Å²) in [6.45, 7) is 0. The standard InChI is InChI=1S/C11H15NO2S/c1-15-9-4-2-3-8(7-9)10(12)5-6-11(13)14/h2-4,7,10H,5-6,12H2,1H3,(H,13,14). The number of carboxylic acid groups (broad SMARTS) is 1. The van der Waals surface area contributed by atoms with Crippen LogP contribution in [0, 0.1) is 0 Å². The predicted octanol–water partition coefficient (Wildman–Crippen LogP) is 2.27. The summed E-state index contributed by atoms with van der Waals surface area (Å²) in [6, 6.07) is 7.72. The Morgan fingerprint density at radius 2 is 2.33 bits per heavy atom. The van der Waals surface area contributed by atoms with Crippen molar-refractivity contribution in [2.45, 2.75) is 23.8 Å². The van der Waals surface area contributed by atoms with Crippen LogP contribution < -0.4 is 5.73 Å². The largest absolute Gasteiger partial charge is 0.481 e. The van der Waals surface area contributed by atoms with Gasteiger partial charge in [0.15, 0.2) is 0 Å². The first-order valence-electron chi connectivity index (χ1n) is 4.75. The van der Waals surface area contributed by atoms with E-state index >= 15 is 0 Å². The molecule has 0 aliphatic rings. The summed E-state index contributed by atoms with van der Waals surface area (Å²) in [7, 11) is 0. The Hall–Kier alpha value is -1.00. The van der Waals surface area contributed by atoms with Crippen LogP contribution in [0.3, 0.4) is 0 Å². The smallest absolute Gasteiger partial charge is 0.303 e. The van der Waals surface area contributed by atoms with Gasteiger partial charge in [0.25, 0.3) is 0 Å². The summed E-state index contributed by atoms with van der Waals surface area (Å²) in [5.41, 5.74) is 6.90. The quantitative estimate of drug-likeness (QED) is 0.755. The first-order valence-corrected chi connectivity index (χ1v) is 5.97. The zero-order chi connectivity index (χ0) is 11.3. The van der Waals surface area contributed by atoms with E-state index in [1.54, 1.807) is 11.8 Å². The summed E-state index contributed by atoms with van der Waals surface area (Å²) in [4.78, 5) is 11.5. The molecule has 0 bridgehead atoms. The third-order valence-corrected chi connectivity index (χ3v) is 2.92. The molecule has 1 aromatic rings. The highest BCUT2D eigenvalue weighted by molar-refractivity contribution is 7.98. The van der Waals surface area contributed by atoms with Crippen LogP contribution in [-0.2, 0) is 4.79 Å². The fourth-order valence-electron chi connectivity index (χ4n) is 1.32. The van der Waals surface area contributed by atoms with Crippen molar-refractivity contribution in [3.63, 3.8) is 0 Å². The number of carboxylic acids is 1. The van der Waals surface area contributed by atoms with Crippen LogP contribution >= 0.6 is 11.8 Å². The van der Waals surface area contributed by atoms with Gasteiger partial charge in [0, 0.05) is 17.4 Å². The van der Waals surface area contributed by atoms with Crippen LogP contribution in [0.15, 0.2) is 29.2 Å². The van der Waals surface area contributed by atoms with Crippen molar-refractivity contribution in [1.82, 2.24) is 0 Å². The molecule has 4 heteroatoms. The number of thioether (sulfide) groups is 1. The number of hydrogen-bond donors (Lipinski definition) is 2. The molecule has 0 radical (unpaired) electrons. The molecule has 0 heterocycles. The minimum Gasteiger partial charge on any atom is -0.481 e. The van der Waals surface area contributed by atoms with E-state index in [1.165, 1.54) is 0 Å². The Morgan fingerprint density at radius 1 is 1.60 bits per heavy atom. The molecule has 82 valence electrons. The van der Waals surface area contributed by atoms with Crippen molar-refractivity contribution in [2.75, 3.05) is 6.26 Å². The summed E-state index contributed by atoms with van der Waals surface area (Å²) in [6.07, 6.45) is 2.60. The highest BCUT2D eigenvalue weighted by atomic mass is 32.2. The average Bonchev–Trinajstić information content (AvgIpc) is 2.26. The molecule has 1 atom stereocenters. The molecule has 15 heavy (non-hydrogen) atoms. The lowest BCUT2D eigenvalue weighted by Crippen LogP contribution is -2.12. The fraction of sp³-hybridized carbons (Fsp3) is 0.364. The molecular weight excluding hydrogens is 210 g/mol. The molecule has 1 aromatic carbocycles. The number of nitrogens with two attached hydrogens (primary N) is 1. The van der Waals surface area contributed by atoms with Gasteiger partial charge in [-0.25, -0.2) is 0 Å². The van der Waals surface area contributed by atoms with E-state index in [9.17, 15) is 4.79 Å². The molecule has 0 aliphatic heterocycles. The Morgan fingerprint density at radius 3 is 2.93 bits per heavy atom. The number of benzene rings is 1. The van der Waals surface area contributed by atoms with E-state index in [2.05, 4.69) is 0 Å². The van der Waals surface area contributed by atoms with Crippen LogP contribution in [0.5, 0.6) is 0 Å². The van der Waals surface area contributed by atoms with Gasteiger partial charge < -0.3 is 10.8 Å². The van der Waals surface area contributed by atoms with E-state index in [-0.39, 0.29) is 12.5 Å². The van der Waals surface area contributed by atoms with Crippen molar-refractivity contribution >= 4 is 17.7 Å². The molecule has 0 saturated heterocycles. The lowest BCUT2D eigenvalue weighted by Gasteiger charge is -2.11. The SMILES string of the molecule is CSc1cccc(C(N)CCC(=O)O)c1. The number of rotatable bonds is 5. The molecular formula is C11H15NO2S. The topological polar surface area (TPSA) is 63.3 Å². The summed E-state index contributed by atoms with van der Waals surface area (Å²) in [5.74, 6) is -0.800. The monoisotopic (exact) mass is 225 g/mol. The van der Waals surface area contributed by atoms with Gasteiger partial charge in [0.2, 0.25) is 0 Å². The molecule has 0 aliphatic carbocycles. The Kier molecular flexibility index (Phi) is 4.65. The maximum absolute atomic E-state index is 10.4. The molecule has 3 nitrogen and oxygen atoms in total. The van der Waals surface area contributed by atoms with Gasteiger partial charge in [0.05, 0.1) is 0 Å². The van der Waals surface area contributed by atoms with Crippen LogP contribution in [0.2, 0.25) is 0 Å². The molecule has 0 spiro atoms. The molecule has 0 saturated carbocycles. The normalized spacial score (nSPS) is 12.4. The molecule has 0 fully saturated rings. The second-order valence-electron chi connectivity index (χ2n) is 3.32. The summed E-state index contributed by atoms with van der Waals surface area (Å²) < 4.78 is 0. The number of hydrogen-bond acceptors (Lipinski definition) is 3. The zero-order valence-corrected chi connectivity index (χ0v) is 9.46. The molecule has 3 N–H and O–H groups in total. The van der Waals surface area contributed by atoms with E-state index in [0.29, 0.717) is 6.42 Å². The third kappa shape index (κ3) is 3.93. The number of carbonyl (C=O) groups is 1. The van der Waals surface area contributed by atoms with Crippen molar-refractivity contribution in [1.29, 1.82) is 0 Å². The van der Waals surface area contributed by atoms with Crippen LogP contribution in [0.1, 0.15) is 24.4 Å². The van der Waals surface area contributed by atoms with E-state index in [0.717, 1.165) is 10.5 Å². The van der Waals surface area contributed by atoms with Crippen LogP contribution in [-0.4, -0.2) is 17.3 Å². The maximum Gasteiger partial charge on any atom is 0.303 e. The highest BCUT2D eigenvalue weighted by Crippen LogP contribution is 2.21. The Balaban J connectivity index is 2.64. The third-order valence-electron chi connectivity index (χ3n) is 2.19. The molecule has 0 aromatic heterocycles. The Bertz CT molecular complexity index is 341. The predicted molar refractivity (Wildman–Crippen MR) is 62.0 cm³/mol. The Labute approximate surface area is 93.7 Å². The van der Waals surface area contributed by atoms with Crippen molar-refractivity contribution in [3.8, 4) is 0 Å². The second kappa shape index (κ2) is 5.78. The van der Waals surface area contributed by atoms with Crippen LogP contribution in [0.4, 0.5) is 0 Å². The maximum atomic E-state index is 10.4. The lowest BCUT2D eigenvalue weighted by atomic mass is 10.0. The number of aliphatic carboxylic acids is 1. The van der Waals surface area contributed by atoms with Gasteiger partial charge in [-0.2, -0.15) is 0 Å². The highest BCUT2D eigenvalue weighted by Gasteiger charge is 2.08. The fourth-order valence-corrected chi connectivity index (χ4v) is 1.79. The van der Waals surface area contributed by atoms with E-state index in [4.69, 9.17) is 10.8 Å². The van der Waals surface area contributed by atoms with Crippen molar-refractivity contribution < 1.29 is 9.90 Å². The molecule has 1 rings (SSSR count). The second-order valence-corrected chi connectivity index (χ2v) is 4.20. The van der Waals surface area contributed by atoms with Gasteiger partial charge in [0.1, 0.15) is 0 Å². The van der Waals surface area contributed by atoms with Crippen LogP contribution in [0.25, 0.3) is 0 Å². The van der Waals surface area contributed by atoms with Gasteiger partial charge in [-0.1, -0.05) is 12.1 Å². The van der Waals surface area contributed by atoms with E-state index in [1.807, 2.05) is 30.5 Å². The first kappa shape index (κ1) is 12.1.